The predicted octanol–water partition coefficient (Wildman–Crippen LogP) is 7.46. The van der Waals surface area contributed by atoms with Crippen LogP contribution in [0.2, 0.25) is 0 Å². The summed E-state index contributed by atoms with van der Waals surface area (Å²) in [6, 6.07) is 0. The van der Waals surface area contributed by atoms with Crippen molar-refractivity contribution in [1.82, 2.24) is 0 Å². The molecule has 0 heterocycles. The third-order valence-corrected chi connectivity index (χ3v) is 7.57. The molecule has 0 fully saturated rings. The average molecular weight is 359 g/mol. The minimum atomic E-state index is -0.0831. The molecule has 0 aromatic rings. The van der Waals surface area contributed by atoms with E-state index in [9.17, 15) is 5.11 Å². The van der Waals surface area contributed by atoms with Gasteiger partial charge in [-0.05, 0) is 49.7 Å². The fraction of sp³-hybridized carbons (Fsp3) is 1.00. The monoisotopic (exact) mass is 358 g/mol. The van der Waals surface area contributed by atoms with Gasteiger partial charge in [0.05, 0.1) is 6.10 Å². The average Bonchev–Trinajstić information content (AvgIpc) is 2.58. The second-order valence-electron chi connectivity index (χ2n) is 7.87. The SMILES string of the molecule is CCCC[C@H](CC)C(O)C(CC)CCCCSC(C)(CC)CCC. The van der Waals surface area contributed by atoms with E-state index in [1.165, 1.54) is 63.5 Å². The lowest BCUT2D eigenvalue weighted by atomic mass is 9.82. The molecule has 0 saturated heterocycles. The van der Waals surface area contributed by atoms with Crippen molar-refractivity contribution in [2.75, 3.05) is 5.75 Å². The van der Waals surface area contributed by atoms with E-state index in [0.29, 0.717) is 16.6 Å². The van der Waals surface area contributed by atoms with Crippen LogP contribution in [0.5, 0.6) is 0 Å². The smallest absolute Gasteiger partial charge is 0.0596 e. The fourth-order valence-corrected chi connectivity index (χ4v) is 5.18. The van der Waals surface area contributed by atoms with Gasteiger partial charge in [-0.1, -0.05) is 80.1 Å². The van der Waals surface area contributed by atoms with Gasteiger partial charge >= 0.3 is 0 Å². The highest BCUT2D eigenvalue weighted by Crippen LogP contribution is 2.34. The van der Waals surface area contributed by atoms with Crippen LogP contribution in [0.25, 0.3) is 0 Å². The summed E-state index contributed by atoms with van der Waals surface area (Å²) < 4.78 is 0.478. The normalized spacial score (nSPS) is 18.1. The van der Waals surface area contributed by atoms with Crippen LogP contribution < -0.4 is 0 Å². The zero-order valence-corrected chi connectivity index (χ0v) is 18.4. The van der Waals surface area contributed by atoms with Crippen molar-refractivity contribution in [3.63, 3.8) is 0 Å². The van der Waals surface area contributed by atoms with Gasteiger partial charge < -0.3 is 5.11 Å². The minimum Gasteiger partial charge on any atom is -0.393 e. The summed E-state index contributed by atoms with van der Waals surface area (Å²) in [7, 11) is 0. The number of rotatable bonds is 16. The van der Waals surface area contributed by atoms with E-state index in [1.54, 1.807) is 0 Å². The lowest BCUT2D eigenvalue weighted by molar-refractivity contribution is 0.0369. The highest BCUT2D eigenvalue weighted by Gasteiger charge is 2.25. The summed E-state index contributed by atoms with van der Waals surface area (Å²) >= 11 is 2.18. The van der Waals surface area contributed by atoms with E-state index in [-0.39, 0.29) is 6.10 Å². The first kappa shape index (κ1) is 24.3. The Kier molecular flexibility index (Phi) is 14.7. The Hall–Kier alpha value is 0.310. The lowest BCUT2D eigenvalue weighted by Gasteiger charge is -2.29. The van der Waals surface area contributed by atoms with Crippen molar-refractivity contribution in [3.8, 4) is 0 Å². The first-order chi connectivity index (χ1) is 11.5. The molecule has 0 aromatic carbocycles. The lowest BCUT2D eigenvalue weighted by Crippen LogP contribution is -2.29. The molecule has 0 bridgehead atoms. The molecule has 0 aliphatic carbocycles. The van der Waals surface area contributed by atoms with Crippen LogP contribution in [0.1, 0.15) is 112 Å². The molecule has 1 N–H and O–H groups in total. The summed E-state index contributed by atoms with van der Waals surface area (Å²) in [6.07, 6.45) is 13.6. The molecular weight excluding hydrogens is 312 g/mol. The molecule has 4 atom stereocenters. The summed E-state index contributed by atoms with van der Waals surface area (Å²) in [4.78, 5) is 0. The summed E-state index contributed by atoms with van der Waals surface area (Å²) in [6.45, 7) is 13.8. The molecular formula is C22H46OS. The quantitative estimate of drug-likeness (QED) is 0.289. The van der Waals surface area contributed by atoms with Crippen LogP contribution in [-0.4, -0.2) is 21.7 Å². The minimum absolute atomic E-state index is 0.0831. The molecule has 0 amide bonds. The Morgan fingerprint density at radius 2 is 1.42 bits per heavy atom. The molecule has 0 aromatic heterocycles. The van der Waals surface area contributed by atoms with Crippen LogP contribution >= 0.6 is 11.8 Å². The zero-order valence-electron chi connectivity index (χ0n) is 17.6. The maximum Gasteiger partial charge on any atom is 0.0596 e. The molecule has 146 valence electrons. The second-order valence-corrected chi connectivity index (χ2v) is 9.55. The van der Waals surface area contributed by atoms with Crippen molar-refractivity contribution >= 4 is 11.8 Å². The number of unbranched alkanes of at least 4 members (excludes halogenated alkanes) is 2. The van der Waals surface area contributed by atoms with Crippen LogP contribution in [-0.2, 0) is 0 Å². The molecule has 0 aliphatic heterocycles. The Bertz CT molecular complexity index is 281. The maximum atomic E-state index is 10.8. The maximum absolute atomic E-state index is 10.8. The van der Waals surface area contributed by atoms with E-state index in [1.807, 2.05) is 0 Å². The Morgan fingerprint density at radius 3 is 1.88 bits per heavy atom. The second kappa shape index (κ2) is 14.5. The standard InChI is InChI=1S/C22H46OS/c1-7-12-15-19(9-3)21(23)20(10-4)16-13-14-18-24-22(6,11-5)17-8-2/h19-21,23H,7-18H2,1-6H3/t19-,20?,21?,22?/m0/s1. The van der Waals surface area contributed by atoms with Crippen molar-refractivity contribution < 1.29 is 5.11 Å². The van der Waals surface area contributed by atoms with Gasteiger partial charge in [-0.3, -0.25) is 0 Å². The summed E-state index contributed by atoms with van der Waals surface area (Å²) in [5.74, 6) is 2.30. The molecule has 0 rings (SSSR count). The van der Waals surface area contributed by atoms with Crippen molar-refractivity contribution in [1.29, 1.82) is 0 Å². The van der Waals surface area contributed by atoms with Gasteiger partial charge in [0.15, 0.2) is 0 Å². The van der Waals surface area contributed by atoms with Gasteiger partial charge in [0.1, 0.15) is 0 Å². The molecule has 24 heavy (non-hydrogen) atoms. The van der Waals surface area contributed by atoms with Crippen LogP contribution in [0.3, 0.4) is 0 Å². The number of hydrogen-bond donors (Lipinski definition) is 1. The highest BCUT2D eigenvalue weighted by molar-refractivity contribution is 8.00. The van der Waals surface area contributed by atoms with Crippen molar-refractivity contribution in [2.45, 2.75) is 123 Å². The Morgan fingerprint density at radius 1 is 0.833 bits per heavy atom. The fourth-order valence-electron chi connectivity index (χ4n) is 3.79. The molecule has 3 unspecified atom stereocenters. The highest BCUT2D eigenvalue weighted by atomic mass is 32.2. The third-order valence-electron chi connectivity index (χ3n) is 5.89. The Labute approximate surface area is 157 Å². The third kappa shape index (κ3) is 9.70. The van der Waals surface area contributed by atoms with Gasteiger partial charge in [-0.2, -0.15) is 11.8 Å². The molecule has 0 aliphatic rings. The van der Waals surface area contributed by atoms with Crippen molar-refractivity contribution in [2.24, 2.45) is 11.8 Å². The van der Waals surface area contributed by atoms with E-state index < -0.39 is 0 Å². The first-order valence-electron chi connectivity index (χ1n) is 10.8. The van der Waals surface area contributed by atoms with Gasteiger partial charge in [0.25, 0.3) is 0 Å². The summed E-state index contributed by atoms with van der Waals surface area (Å²) in [5, 5.41) is 10.8. The molecule has 0 radical (unpaired) electrons. The van der Waals surface area contributed by atoms with Gasteiger partial charge in [-0.25, -0.2) is 0 Å². The first-order valence-corrected chi connectivity index (χ1v) is 11.8. The molecule has 1 nitrogen and oxygen atoms in total. The molecule has 0 saturated carbocycles. The van der Waals surface area contributed by atoms with E-state index in [4.69, 9.17) is 0 Å². The number of aliphatic hydroxyl groups is 1. The van der Waals surface area contributed by atoms with Gasteiger partial charge in [0, 0.05) is 4.75 Å². The van der Waals surface area contributed by atoms with Crippen molar-refractivity contribution in [3.05, 3.63) is 0 Å². The van der Waals surface area contributed by atoms with E-state index in [2.05, 4.69) is 53.3 Å². The van der Waals surface area contributed by atoms with E-state index in [0.717, 1.165) is 12.8 Å². The largest absolute Gasteiger partial charge is 0.393 e. The van der Waals surface area contributed by atoms with E-state index >= 15 is 0 Å². The van der Waals surface area contributed by atoms with Crippen LogP contribution in [0, 0.1) is 11.8 Å². The van der Waals surface area contributed by atoms with Gasteiger partial charge in [0.2, 0.25) is 0 Å². The van der Waals surface area contributed by atoms with Crippen LogP contribution in [0.15, 0.2) is 0 Å². The number of thioether (sulfide) groups is 1. The van der Waals surface area contributed by atoms with Gasteiger partial charge in [-0.15, -0.1) is 0 Å². The Balaban J connectivity index is 4.16. The molecule has 0 spiro atoms. The topological polar surface area (TPSA) is 20.2 Å². The number of aliphatic hydroxyl groups excluding tert-OH is 1. The van der Waals surface area contributed by atoms with Crippen LogP contribution in [0.4, 0.5) is 0 Å². The number of hydrogen-bond acceptors (Lipinski definition) is 2. The summed E-state index contributed by atoms with van der Waals surface area (Å²) in [5.41, 5.74) is 0. The molecule has 2 heteroatoms. The zero-order chi connectivity index (χ0) is 18.4. The predicted molar refractivity (Wildman–Crippen MR) is 113 cm³/mol.